The summed E-state index contributed by atoms with van der Waals surface area (Å²) >= 11 is 11.6. The quantitative estimate of drug-likeness (QED) is 0.817. The van der Waals surface area contributed by atoms with Crippen molar-refractivity contribution in [2.24, 2.45) is 0 Å². The van der Waals surface area contributed by atoms with E-state index in [-0.39, 0.29) is 27.8 Å². The van der Waals surface area contributed by atoms with Gasteiger partial charge in [0.15, 0.2) is 0 Å². The molecule has 0 heterocycles. The topological polar surface area (TPSA) is 55.4 Å². The highest BCUT2D eigenvalue weighted by Gasteiger charge is 2.15. The lowest BCUT2D eigenvalue weighted by atomic mass is 10.1. The van der Waals surface area contributed by atoms with Gasteiger partial charge in [-0.25, -0.2) is 9.18 Å². The highest BCUT2D eigenvalue weighted by molar-refractivity contribution is 6.34. The molecular formula is C16H12Cl2FNO3. The van der Waals surface area contributed by atoms with E-state index < -0.39 is 17.7 Å². The summed E-state index contributed by atoms with van der Waals surface area (Å²) in [5, 5.41) is 2.82. The molecule has 1 N–H and O–H groups in total. The molecule has 0 aliphatic rings. The predicted octanol–water partition coefficient (Wildman–Crippen LogP) is 4.56. The fourth-order valence-corrected chi connectivity index (χ4v) is 2.26. The van der Waals surface area contributed by atoms with Gasteiger partial charge in [-0.1, -0.05) is 23.2 Å². The van der Waals surface area contributed by atoms with Gasteiger partial charge in [-0.2, -0.15) is 0 Å². The zero-order valence-electron chi connectivity index (χ0n) is 12.0. The van der Waals surface area contributed by atoms with Crippen molar-refractivity contribution < 1.29 is 18.7 Å². The maximum absolute atomic E-state index is 13.7. The molecule has 120 valence electrons. The van der Waals surface area contributed by atoms with Gasteiger partial charge in [-0.15, -0.1) is 0 Å². The zero-order chi connectivity index (χ0) is 17.0. The molecule has 1 amide bonds. The summed E-state index contributed by atoms with van der Waals surface area (Å²) in [5.74, 6) is -1.94. The fourth-order valence-electron chi connectivity index (χ4n) is 1.84. The van der Waals surface area contributed by atoms with Crippen LogP contribution in [0.25, 0.3) is 0 Å². The average molecular weight is 356 g/mol. The van der Waals surface area contributed by atoms with Gasteiger partial charge in [0, 0.05) is 10.7 Å². The second kappa shape index (κ2) is 7.44. The molecule has 2 rings (SSSR count). The largest absolute Gasteiger partial charge is 0.462 e. The van der Waals surface area contributed by atoms with E-state index in [0.29, 0.717) is 5.69 Å². The van der Waals surface area contributed by atoms with Crippen LogP contribution < -0.4 is 5.32 Å². The molecule has 0 aliphatic carbocycles. The van der Waals surface area contributed by atoms with E-state index in [1.165, 1.54) is 30.3 Å². The number of hydrogen-bond acceptors (Lipinski definition) is 3. The van der Waals surface area contributed by atoms with Crippen molar-refractivity contribution in [3.8, 4) is 0 Å². The van der Waals surface area contributed by atoms with Crippen LogP contribution in [-0.4, -0.2) is 18.5 Å². The molecule has 4 nitrogen and oxygen atoms in total. The molecule has 2 aromatic carbocycles. The van der Waals surface area contributed by atoms with Gasteiger partial charge < -0.3 is 10.1 Å². The third-order valence-corrected chi connectivity index (χ3v) is 3.45. The minimum atomic E-state index is -0.732. The van der Waals surface area contributed by atoms with E-state index in [1.54, 1.807) is 6.92 Å². The number of carbonyl (C=O) groups is 2. The number of anilines is 1. The van der Waals surface area contributed by atoms with Gasteiger partial charge >= 0.3 is 5.97 Å². The number of esters is 1. The Bertz CT molecular complexity index is 765. The van der Waals surface area contributed by atoms with E-state index >= 15 is 0 Å². The molecule has 0 aromatic heterocycles. The molecule has 0 radical (unpaired) electrons. The summed E-state index contributed by atoms with van der Waals surface area (Å²) in [6.45, 7) is 1.91. The summed E-state index contributed by atoms with van der Waals surface area (Å²) in [6, 6.07) is 8.03. The molecule has 0 spiro atoms. The van der Waals surface area contributed by atoms with Crippen molar-refractivity contribution in [1.29, 1.82) is 0 Å². The van der Waals surface area contributed by atoms with Crippen molar-refractivity contribution in [3.63, 3.8) is 0 Å². The molecule has 7 heteroatoms. The van der Waals surface area contributed by atoms with E-state index in [0.717, 1.165) is 6.07 Å². The van der Waals surface area contributed by atoms with Gasteiger partial charge in [0.1, 0.15) is 5.82 Å². The fraction of sp³-hybridized carbons (Fsp3) is 0.125. The Labute approximate surface area is 142 Å². The number of carbonyl (C=O) groups excluding carboxylic acids is 2. The summed E-state index contributed by atoms with van der Waals surface area (Å²) in [7, 11) is 0. The van der Waals surface area contributed by atoms with Crippen molar-refractivity contribution in [2.75, 3.05) is 11.9 Å². The van der Waals surface area contributed by atoms with Crippen LogP contribution in [0, 0.1) is 5.82 Å². The van der Waals surface area contributed by atoms with E-state index in [9.17, 15) is 14.0 Å². The molecular weight excluding hydrogens is 344 g/mol. The lowest BCUT2D eigenvalue weighted by molar-refractivity contribution is 0.0526. The molecule has 0 saturated carbocycles. The third-order valence-electron chi connectivity index (χ3n) is 2.90. The predicted molar refractivity (Wildman–Crippen MR) is 86.8 cm³/mol. The van der Waals surface area contributed by atoms with Gasteiger partial charge in [0.2, 0.25) is 0 Å². The van der Waals surface area contributed by atoms with Crippen LogP contribution in [-0.2, 0) is 4.74 Å². The number of ether oxygens (including phenoxy) is 1. The standard InChI is InChI=1S/C16H12Cl2FNO3/c1-2-23-16(22)11-6-4-10(8-13(11)18)20-15(21)12-5-3-9(17)7-14(12)19/h3-8H,2H2,1H3,(H,20,21). The lowest BCUT2D eigenvalue weighted by Crippen LogP contribution is -2.14. The molecule has 0 fully saturated rings. The first-order valence-electron chi connectivity index (χ1n) is 6.65. The number of benzene rings is 2. The van der Waals surface area contributed by atoms with Crippen molar-refractivity contribution >= 4 is 40.8 Å². The number of hydrogen-bond donors (Lipinski definition) is 1. The molecule has 0 unspecified atom stereocenters. The number of amides is 1. The minimum Gasteiger partial charge on any atom is -0.462 e. The Hall–Kier alpha value is -2.11. The molecule has 0 atom stereocenters. The molecule has 0 saturated heterocycles. The Morgan fingerprint density at radius 2 is 1.83 bits per heavy atom. The summed E-state index contributed by atoms with van der Waals surface area (Å²) < 4.78 is 18.6. The van der Waals surface area contributed by atoms with Crippen LogP contribution in [0.2, 0.25) is 10.0 Å². The maximum Gasteiger partial charge on any atom is 0.339 e. The Morgan fingerprint density at radius 1 is 1.13 bits per heavy atom. The monoisotopic (exact) mass is 355 g/mol. The van der Waals surface area contributed by atoms with Crippen molar-refractivity contribution in [1.82, 2.24) is 0 Å². The summed E-state index contributed by atoms with van der Waals surface area (Å²) in [6.07, 6.45) is 0. The Kier molecular flexibility index (Phi) is 5.58. The van der Waals surface area contributed by atoms with Crippen LogP contribution >= 0.6 is 23.2 Å². The van der Waals surface area contributed by atoms with Gasteiger partial charge in [-0.3, -0.25) is 4.79 Å². The molecule has 0 aliphatic heterocycles. The first-order chi connectivity index (χ1) is 10.9. The van der Waals surface area contributed by atoms with E-state index in [2.05, 4.69) is 5.32 Å². The highest BCUT2D eigenvalue weighted by Crippen LogP contribution is 2.23. The lowest BCUT2D eigenvalue weighted by Gasteiger charge is -2.09. The van der Waals surface area contributed by atoms with Crippen LogP contribution in [0.15, 0.2) is 36.4 Å². The first kappa shape index (κ1) is 17.2. The Balaban J connectivity index is 2.18. The molecule has 2 aromatic rings. The van der Waals surface area contributed by atoms with Crippen molar-refractivity contribution in [3.05, 3.63) is 63.4 Å². The Morgan fingerprint density at radius 3 is 2.43 bits per heavy atom. The minimum absolute atomic E-state index is 0.123. The molecule has 0 bridgehead atoms. The number of rotatable bonds is 4. The van der Waals surface area contributed by atoms with E-state index in [1.807, 2.05) is 0 Å². The average Bonchev–Trinajstić information content (AvgIpc) is 2.47. The van der Waals surface area contributed by atoms with Crippen LogP contribution in [0.4, 0.5) is 10.1 Å². The van der Waals surface area contributed by atoms with Crippen LogP contribution in [0.3, 0.4) is 0 Å². The summed E-state index contributed by atoms with van der Waals surface area (Å²) in [4.78, 5) is 23.7. The van der Waals surface area contributed by atoms with Crippen LogP contribution in [0.1, 0.15) is 27.6 Å². The third kappa shape index (κ3) is 4.21. The SMILES string of the molecule is CCOC(=O)c1ccc(NC(=O)c2ccc(Cl)cc2F)cc1Cl. The second-order valence-corrected chi connectivity index (χ2v) is 5.34. The first-order valence-corrected chi connectivity index (χ1v) is 7.41. The zero-order valence-corrected chi connectivity index (χ0v) is 13.5. The normalized spacial score (nSPS) is 10.3. The number of halogens is 3. The van der Waals surface area contributed by atoms with Gasteiger partial charge in [0.25, 0.3) is 5.91 Å². The smallest absolute Gasteiger partial charge is 0.339 e. The van der Waals surface area contributed by atoms with E-state index in [4.69, 9.17) is 27.9 Å². The number of nitrogens with one attached hydrogen (secondary N) is 1. The molecule has 23 heavy (non-hydrogen) atoms. The second-order valence-electron chi connectivity index (χ2n) is 4.49. The van der Waals surface area contributed by atoms with Crippen molar-refractivity contribution in [2.45, 2.75) is 6.92 Å². The van der Waals surface area contributed by atoms with Gasteiger partial charge in [-0.05, 0) is 43.3 Å². The van der Waals surface area contributed by atoms with Gasteiger partial charge in [0.05, 0.1) is 22.8 Å². The maximum atomic E-state index is 13.7. The summed E-state index contributed by atoms with van der Waals surface area (Å²) in [5.41, 5.74) is 0.353. The highest BCUT2D eigenvalue weighted by atomic mass is 35.5. The van der Waals surface area contributed by atoms with Crippen LogP contribution in [0.5, 0.6) is 0 Å².